The standard InChI is InChI=1S/C28H21N3O4/c32-25(23-18-10-11-19-29-23)35-24(20-12-4-1-5-13-20)31-26(33)28(30-27(31)34,21-14-6-2-7-15-21)22-16-8-3-9-17-22/h1-19,24H,(H,30,34). The lowest BCUT2D eigenvalue weighted by atomic mass is 9.82. The summed E-state index contributed by atoms with van der Waals surface area (Å²) in [6, 6.07) is 30.9. The van der Waals surface area contributed by atoms with Gasteiger partial charge in [-0.05, 0) is 23.3 Å². The van der Waals surface area contributed by atoms with Crippen LogP contribution in [0.3, 0.4) is 0 Å². The van der Waals surface area contributed by atoms with Crippen molar-refractivity contribution >= 4 is 17.9 Å². The Balaban J connectivity index is 1.61. The van der Waals surface area contributed by atoms with Gasteiger partial charge in [0.25, 0.3) is 5.91 Å². The monoisotopic (exact) mass is 463 g/mol. The van der Waals surface area contributed by atoms with Crippen molar-refractivity contribution in [2.24, 2.45) is 0 Å². The summed E-state index contributed by atoms with van der Waals surface area (Å²) in [7, 11) is 0. The Kier molecular flexibility index (Phi) is 5.81. The second kappa shape index (κ2) is 9.23. The lowest BCUT2D eigenvalue weighted by Crippen LogP contribution is -2.45. The Morgan fingerprint density at radius 3 is 1.86 bits per heavy atom. The van der Waals surface area contributed by atoms with Crippen LogP contribution in [0.4, 0.5) is 4.79 Å². The molecule has 0 saturated carbocycles. The van der Waals surface area contributed by atoms with Gasteiger partial charge in [-0.15, -0.1) is 0 Å². The molecule has 4 aromatic rings. The molecule has 1 N–H and O–H groups in total. The topological polar surface area (TPSA) is 88.6 Å². The van der Waals surface area contributed by atoms with Gasteiger partial charge in [-0.1, -0.05) is 97.1 Å². The van der Waals surface area contributed by atoms with Crippen LogP contribution >= 0.6 is 0 Å². The highest BCUT2D eigenvalue weighted by Crippen LogP contribution is 2.39. The van der Waals surface area contributed by atoms with E-state index < -0.39 is 29.7 Å². The fourth-order valence-corrected chi connectivity index (χ4v) is 4.23. The number of ether oxygens (including phenoxy) is 1. The van der Waals surface area contributed by atoms with Gasteiger partial charge < -0.3 is 10.1 Å². The highest BCUT2D eigenvalue weighted by molar-refractivity contribution is 6.10. The van der Waals surface area contributed by atoms with Gasteiger partial charge in [0.15, 0.2) is 5.54 Å². The molecule has 1 atom stereocenters. The molecular formula is C28H21N3O4. The van der Waals surface area contributed by atoms with Crippen LogP contribution in [0, 0.1) is 0 Å². The van der Waals surface area contributed by atoms with Gasteiger partial charge in [-0.25, -0.2) is 19.5 Å². The number of nitrogens with one attached hydrogen (secondary N) is 1. The normalized spacial score (nSPS) is 15.4. The van der Waals surface area contributed by atoms with E-state index in [2.05, 4.69) is 10.3 Å². The van der Waals surface area contributed by atoms with Crippen molar-refractivity contribution in [1.82, 2.24) is 15.2 Å². The molecule has 172 valence electrons. The van der Waals surface area contributed by atoms with Gasteiger partial charge in [0.2, 0.25) is 6.23 Å². The number of rotatable bonds is 6. The highest BCUT2D eigenvalue weighted by atomic mass is 16.6. The molecule has 3 aromatic carbocycles. The highest BCUT2D eigenvalue weighted by Gasteiger charge is 2.56. The third-order valence-corrected chi connectivity index (χ3v) is 5.88. The number of esters is 1. The van der Waals surface area contributed by atoms with Crippen molar-refractivity contribution in [3.63, 3.8) is 0 Å². The molecule has 1 aliphatic rings. The number of pyridine rings is 1. The van der Waals surface area contributed by atoms with Crippen molar-refractivity contribution in [3.8, 4) is 0 Å². The first-order valence-corrected chi connectivity index (χ1v) is 11.0. The molecule has 0 spiro atoms. The summed E-state index contributed by atoms with van der Waals surface area (Å²) in [5.74, 6) is -1.31. The third kappa shape index (κ3) is 3.93. The molecular weight excluding hydrogens is 442 g/mol. The number of benzene rings is 3. The molecule has 3 amide bonds. The molecule has 0 bridgehead atoms. The average Bonchev–Trinajstić information content (AvgIpc) is 3.19. The van der Waals surface area contributed by atoms with Crippen LogP contribution in [0.15, 0.2) is 115 Å². The number of carbonyl (C=O) groups is 3. The minimum atomic E-state index is -1.48. The molecule has 35 heavy (non-hydrogen) atoms. The smallest absolute Gasteiger partial charge is 0.359 e. The maximum Gasteiger partial charge on any atom is 0.359 e. The van der Waals surface area contributed by atoms with Gasteiger partial charge in [0.1, 0.15) is 5.69 Å². The van der Waals surface area contributed by atoms with E-state index in [1.54, 1.807) is 91.0 Å². The summed E-state index contributed by atoms with van der Waals surface area (Å²) in [5, 5.41) is 2.89. The summed E-state index contributed by atoms with van der Waals surface area (Å²) in [5.41, 5.74) is 0.240. The number of imide groups is 1. The van der Waals surface area contributed by atoms with Crippen LogP contribution in [0.1, 0.15) is 33.4 Å². The Morgan fingerprint density at radius 1 is 0.771 bits per heavy atom. The first kappa shape index (κ1) is 22.0. The van der Waals surface area contributed by atoms with E-state index >= 15 is 0 Å². The van der Waals surface area contributed by atoms with Crippen LogP contribution in [-0.4, -0.2) is 27.8 Å². The van der Waals surface area contributed by atoms with Gasteiger partial charge in [-0.2, -0.15) is 0 Å². The van der Waals surface area contributed by atoms with Crippen molar-refractivity contribution in [3.05, 3.63) is 138 Å². The number of aromatic nitrogens is 1. The Hall–Kier alpha value is -4.78. The van der Waals surface area contributed by atoms with E-state index in [9.17, 15) is 14.4 Å². The summed E-state index contributed by atoms with van der Waals surface area (Å²) < 4.78 is 5.76. The predicted molar refractivity (Wildman–Crippen MR) is 128 cm³/mol. The molecule has 0 radical (unpaired) electrons. The minimum absolute atomic E-state index is 0.0675. The molecule has 7 nitrogen and oxygen atoms in total. The maximum absolute atomic E-state index is 14.2. The van der Waals surface area contributed by atoms with Crippen molar-refractivity contribution in [1.29, 1.82) is 0 Å². The number of hydrogen-bond donors (Lipinski definition) is 1. The van der Waals surface area contributed by atoms with Crippen LogP contribution in [0.2, 0.25) is 0 Å². The molecule has 1 aliphatic heterocycles. The molecule has 1 saturated heterocycles. The minimum Gasteiger partial charge on any atom is -0.432 e. The first-order chi connectivity index (χ1) is 17.1. The van der Waals surface area contributed by atoms with E-state index in [1.165, 1.54) is 12.3 Å². The molecule has 0 aliphatic carbocycles. The molecule has 7 heteroatoms. The molecule has 5 rings (SSSR count). The quantitative estimate of drug-likeness (QED) is 0.338. The summed E-state index contributed by atoms with van der Waals surface area (Å²) in [6.45, 7) is 0. The molecule has 1 aromatic heterocycles. The second-order valence-corrected chi connectivity index (χ2v) is 7.97. The van der Waals surface area contributed by atoms with Crippen LogP contribution in [0.5, 0.6) is 0 Å². The van der Waals surface area contributed by atoms with Gasteiger partial charge in [0, 0.05) is 11.8 Å². The van der Waals surface area contributed by atoms with Crippen molar-refractivity contribution in [2.75, 3.05) is 0 Å². The summed E-state index contributed by atoms with van der Waals surface area (Å²) >= 11 is 0. The number of amides is 3. The fraction of sp³-hybridized carbons (Fsp3) is 0.0714. The predicted octanol–water partition coefficient (Wildman–Crippen LogP) is 4.43. The van der Waals surface area contributed by atoms with E-state index in [4.69, 9.17) is 4.74 Å². The lowest BCUT2D eigenvalue weighted by Gasteiger charge is -2.30. The zero-order chi connectivity index (χ0) is 24.3. The number of hydrogen-bond acceptors (Lipinski definition) is 5. The van der Waals surface area contributed by atoms with E-state index in [0.29, 0.717) is 16.7 Å². The number of nitrogens with zero attached hydrogens (tertiary/aromatic N) is 2. The van der Waals surface area contributed by atoms with Crippen LogP contribution in [0.25, 0.3) is 0 Å². The fourth-order valence-electron chi connectivity index (χ4n) is 4.23. The van der Waals surface area contributed by atoms with Crippen LogP contribution in [-0.2, 0) is 15.1 Å². The van der Waals surface area contributed by atoms with Crippen LogP contribution < -0.4 is 5.32 Å². The number of urea groups is 1. The summed E-state index contributed by atoms with van der Waals surface area (Å²) in [4.78, 5) is 45.6. The van der Waals surface area contributed by atoms with Crippen molar-refractivity contribution < 1.29 is 19.1 Å². The zero-order valence-corrected chi connectivity index (χ0v) is 18.6. The molecule has 1 unspecified atom stereocenters. The first-order valence-electron chi connectivity index (χ1n) is 11.0. The van der Waals surface area contributed by atoms with Gasteiger partial charge >= 0.3 is 12.0 Å². The molecule has 2 heterocycles. The Morgan fingerprint density at radius 2 is 1.31 bits per heavy atom. The van der Waals surface area contributed by atoms with Gasteiger partial charge in [0.05, 0.1) is 0 Å². The Labute approximate surface area is 202 Å². The van der Waals surface area contributed by atoms with E-state index in [-0.39, 0.29) is 5.69 Å². The zero-order valence-electron chi connectivity index (χ0n) is 18.6. The lowest BCUT2D eigenvalue weighted by molar-refractivity contribution is -0.137. The van der Waals surface area contributed by atoms with Gasteiger partial charge in [-0.3, -0.25) is 4.79 Å². The SMILES string of the molecule is O=C(OC(c1ccccc1)N1C(=O)NC(c2ccccc2)(c2ccccc2)C1=O)c1ccccn1. The van der Waals surface area contributed by atoms with E-state index in [1.807, 2.05) is 12.1 Å². The average molecular weight is 463 g/mol. The van der Waals surface area contributed by atoms with Crippen molar-refractivity contribution in [2.45, 2.75) is 11.8 Å². The summed E-state index contributed by atoms with van der Waals surface area (Å²) in [6.07, 6.45) is 0.171. The second-order valence-electron chi connectivity index (χ2n) is 7.97. The van der Waals surface area contributed by atoms with E-state index in [0.717, 1.165) is 4.90 Å². The largest absolute Gasteiger partial charge is 0.432 e. The third-order valence-electron chi connectivity index (χ3n) is 5.88. The molecule has 1 fully saturated rings. The number of carbonyl (C=O) groups excluding carboxylic acids is 3. The maximum atomic E-state index is 14.2. The Bertz CT molecular complexity index is 1310.